The molecule has 3 N–H and O–H groups in total. The molecule has 0 saturated carbocycles. The van der Waals surface area contributed by atoms with Crippen LogP contribution in [0.4, 0.5) is 0 Å². The number of aliphatic hydroxyl groups excluding tert-OH is 1. The largest absolute Gasteiger partial charge is 0.472 e. The molecule has 0 rings (SSSR count). The molecule has 19 heteroatoms. The minimum absolute atomic E-state index is 0.102. The lowest BCUT2D eigenvalue weighted by Crippen LogP contribution is -2.30. The van der Waals surface area contributed by atoms with Gasteiger partial charge in [-0.1, -0.05) is 215 Å². The molecule has 2 unspecified atom stereocenters. The lowest BCUT2D eigenvalue weighted by Gasteiger charge is -2.21. The van der Waals surface area contributed by atoms with Gasteiger partial charge in [-0.2, -0.15) is 0 Å². The lowest BCUT2D eigenvalue weighted by atomic mass is 10.0. The van der Waals surface area contributed by atoms with Crippen LogP contribution < -0.4 is 0 Å². The highest BCUT2D eigenvalue weighted by Crippen LogP contribution is 2.45. The van der Waals surface area contributed by atoms with Crippen LogP contribution in [0.1, 0.15) is 266 Å². The molecule has 0 aromatic rings. The van der Waals surface area contributed by atoms with E-state index in [0.717, 1.165) is 121 Å². The number of carbonyl (C=O) groups is 4. The maximum Gasteiger partial charge on any atom is 0.472 e. The molecule has 5 atom stereocenters. The molecule has 0 aromatic carbocycles. The lowest BCUT2D eigenvalue weighted by molar-refractivity contribution is -0.161. The maximum absolute atomic E-state index is 12.9. The van der Waals surface area contributed by atoms with Crippen molar-refractivity contribution in [3.63, 3.8) is 0 Å². The molecular weight excluding hydrogens is 1010 g/mol. The number of hydrogen-bond acceptors (Lipinski definition) is 15. The quantitative estimate of drug-likeness (QED) is 0.0222. The van der Waals surface area contributed by atoms with Gasteiger partial charge in [0, 0.05) is 25.7 Å². The second-order valence-corrected chi connectivity index (χ2v) is 24.2. The highest BCUT2D eigenvalue weighted by atomic mass is 31.2. The highest BCUT2D eigenvalue weighted by molar-refractivity contribution is 7.47. The minimum atomic E-state index is -4.93. The number of esters is 4. The zero-order chi connectivity index (χ0) is 55.8. The first-order chi connectivity index (χ1) is 35.9. The molecule has 17 nitrogen and oxygen atoms in total. The number of phosphoric acid groups is 2. The van der Waals surface area contributed by atoms with Gasteiger partial charge >= 0.3 is 39.5 Å². The third kappa shape index (κ3) is 51.3. The summed E-state index contributed by atoms with van der Waals surface area (Å²) in [6, 6.07) is 0. The number of hydrogen-bond donors (Lipinski definition) is 3. The van der Waals surface area contributed by atoms with Gasteiger partial charge in [0.2, 0.25) is 0 Å². The van der Waals surface area contributed by atoms with Crippen LogP contribution in [0.25, 0.3) is 0 Å². The van der Waals surface area contributed by atoms with Gasteiger partial charge in [-0.25, -0.2) is 9.13 Å². The molecule has 0 fully saturated rings. The van der Waals surface area contributed by atoms with Gasteiger partial charge in [0.15, 0.2) is 12.2 Å². The highest BCUT2D eigenvalue weighted by Gasteiger charge is 2.30. The second kappa shape index (κ2) is 49.1. The summed E-state index contributed by atoms with van der Waals surface area (Å²) in [4.78, 5) is 71.4. The summed E-state index contributed by atoms with van der Waals surface area (Å²) >= 11 is 0. The number of ether oxygens (including phenoxy) is 4. The molecule has 444 valence electrons. The van der Waals surface area contributed by atoms with Gasteiger partial charge in [-0.05, 0) is 37.5 Å². The molecule has 0 amide bonds. The van der Waals surface area contributed by atoms with Gasteiger partial charge < -0.3 is 33.8 Å². The van der Waals surface area contributed by atoms with Crippen molar-refractivity contribution in [3.05, 3.63) is 0 Å². The fourth-order valence-corrected chi connectivity index (χ4v) is 9.70. The zero-order valence-corrected chi connectivity index (χ0v) is 49.6. The van der Waals surface area contributed by atoms with Gasteiger partial charge in [-0.15, -0.1) is 0 Å². The van der Waals surface area contributed by atoms with E-state index < -0.39 is 97.5 Å². The summed E-state index contributed by atoms with van der Waals surface area (Å²) in [5.74, 6) is -0.699. The zero-order valence-electron chi connectivity index (χ0n) is 47.8. The Kier molecular flexibility index (Phi) is 47.9. The monoisotopic (exact) mass is 1110 g/mol. The van der Waals surface area contributed by atoms with Crippen molar-refractivity contribution >= 4 is 39.5 Å². The second-order valence-electron chi connectivity index (χ2n) is 21.3. The molecule has 75 heavy (non-hydrogen) atoms. The Balaban J connectivity index is 5.18. The summed E-state index contributed by atoms with van der Waals surface area (Å²) in [5, 5.41) is 10.5. The van der Waals surface area contributed by atoms with Gasteiger partial charge in [0.25, 0.3) is 0 Å². The number of carbonyl (C=O) groups excluding carboxylic acids is 4. The summed E-state index contributed by atoms with van der Waals surface area (Å²) in [6.45, 7) is 9.24. The molecule has 0 bridgehead atoms. The van der Waals surface area contributed by atoms with Crippen molar-refractivity contribution < 1.29 is 80.2 Å². The fourth-order valence-electron chi connectivity index (χ4n) is 8.12. The maximum atomic E-state index is 12.9. The molecule has 0 radical (unpaired) electrons. The average Bonchev–Trinajstić information content (AvgIpc) is 3.36. The topological polar surface area (TPSA) is 237 Å². The third-order valence-corrected chi connectivity index (χ3v) is 14.6. The molecule has 0 aliphatic rings. The van der Waals surface area contributed by atoms with Crippen molar-refractivity contribution in [1.82, 2.24) is 0 Å². The molecule has 0 spiro atoms. The van der Waals surface area contributed by atoms with Crippen LogP contribution in [0.3, 0.4) is 0 Å². The predicted molar refractivity (Wildman–Crippen MR) is 294 cm³/mol. The first-order valence-corrected chi connectivity index (χ1v) is 32.5. The van der Waals surface area contributed by atoms with Gasteiger partial charge in [0.05, 0.1) is 26.4 Å². The van der Waals surface area contributed by atoms with Crippen molar-refractivity contribution in [2.45, 2.75) is 285 Å². The van der Waals surface area contributed by atoms with Gasteiger partial charge in [-0.3, -0.25) is 37.3 Å². The predicted octanol–water partition coefficient (Wildman–Crippen LogP) is 14.5. The van der Waals surface area contributed by atoms with E-state index in [9.17, 15) is 43.2 Å². The number of aliphatic hydroxyl groups is 1. The van der Waals surface area contributed by atoms with E-state index in [1.165, 1.54) is 64.2 Å². The van der Waals surface area contributed by atoms with Crippen LogP contribution in [0.15, 0.2) is 0 Å². The molecule has 0 heterocycles. The Labute approximate surface area is 454 Å². The Hall–Kier alpha value is -1.94. The van der Waals surface area contributed by atoms with Crippen LogP contribution in [0.5, 0.6) is 0 Å². The van der Waals surface area contributed by atoms with Crippen molar-refractivity contribution in [1.29, 1.82) is 0 Å². The Morgan fingerprint density at radius 3 is 0.907 bits per heavy atom. The van der Waals surface area contributed by atoms with E-state index in [2.05, 4.69) is 41.5 Å². The van der Waals surface area contributed by atoms with Crippen molar-refractivity contribution in [3.8, 4) is 0 Å². The number of rotatable bonds is 55. The van der Waals surface area contributed by atoms with Crippen molar-refractivity contribution in [2.75, 3.05) is 39.6 Å². The smallest absolute Gasteiger partial charge is 0.462 e. The SMILES string of the molecule is CCCCCCCCCC(=O)O[C@H](COC(=O)CCCCCCC)COP(=O)(O)OC[C@H](O)COP(=O)(O)OC[C@@H](COC(=O)CCCCCCCCCCC(C)C)OC(=O)CCCCCCCCCCCC(C)C. The first kappa shape index (κ1) is 73.1. The fraction of sp³-hybridized carbons (Fsp3) is 0.929. The Bertz CT molecular complexity index is 1500. The van der Waals surface area contributed by atoms with E-state index in [-0.39, 0.29) is 25.7 Å². The minimum Gasteiger partial charge on any atom is -0.462 e. The van der Waals surface area contributed by atoms with Crippen molar-refractivity contribution in [2.24, 2.45) is 11.8 Å². The van der Waals surface area contributed by atoms with Crippen LogP contribution in [0, 0.1) is 11.8 Å². The van der Waals surface area contributed by atoms with E-state index in [0.29, 0.717) is 25.7 Å². The Morgan fingerprint density at radius 2 is 0.613 bits per heavy atom. The van der Waals surface area contributed by atoms with E-state index in [1.54, 1.807) is 0 Å². The van der Waals surface area contributed by atoms with Crippen LogP contribution in [0.2, 0.25) is 0 Å². The number of unbranched alkanes of at least 4 members (excludes halogenated alkanes) is 25. The van der Waals surface area contributed by atoms with Crippen LogP contribution >= 0.6 is 15.6 Å². The molecule has 0 saturated heterocycles. The summed E-state index contributed by atoms with van der Waals surface area (Å²) < 4.78 is 67.3. The van der Waals surface area contributed by atoms with Gasteiger partial charge in [0.1, 0.15) is 19.3 Å². The van der Waals surface area contributed by atoms with Crippen LogP contribution in [-0.2, 0) is 65.4 Å². The Morgan fingerprint density at radius 1 is 0.360 bits per heavy atom. The van der Waals surface area contributed by atoms with E-state index in [1.807, 2.05) is 0 Å². The number of phosphoric ester groups is 2. The third-order valence-electron chi connectivity index (χ3n) is 12.7. The molecule has 0 aromatic heterocycles. The van der Waals surface area contributed by atoms with E-state index in [4.69, 9.17) is 37.0 Å². The summed E-state index contributed by atoms with van der Waals surface area (Å²) in [7, 11) is -9.86. The summed E-state index contributed by atoms with van der Waals surface area (Å²) in [5.41, 5.74) is 0. The molecular formula is C56H108O17P2. The van der Waals surface area contributed by atoms with E-state index >= 15 is 0 Å². The standard InChI is InChI=1S/C56H108O17P2/c1-7-9-11-13-19-28-34-40-55(60)72-51(44-66-53(58)38-32-24-12-10-8-2)46-70-74(62,63)68-42-50(57)43-69-75(64,65)71-47-52(45-67-54(59)39-33-27-22-18-17-21-26-31-37-49(5)6)73-56(61)41-35-29-23-16-14-15-20-25-30-36-48(3)4/h48-52,57H,7-47H2,1-6H3,(H,62,63)(H,64,65)/t50-,51+,52+/m0/s1. The summed E-state index contributed by atoms with van der Waals surface area (Å²) in [6.07, 6.45) is 28.5. The van der Waals surface area contributed by atoms with Crippen LogP contribution in [-0.4, -0.2) is 96.7 Å². The average molecular weight is 1120 g/mol. The normalized spacial score (nSPS) is 14.5. The first-order valence-electron chi connectivity index (χ1n) is 29.5. The molecule has 0 aliphatic carbocycles. The molecule has 0 aliphatic heterocycles.